The maximum Gasteiger partial charge on any atom is 0.203 e. The molecule has 0 N–H and O–H groups in total. The number of ether oxygens (including phenoxy) is 2. The van der Waals surface area contributed by atoms with Crippen LogP contribution in [-0.2, 0) is 18.5 Å². The number of rotatable bonds is 6. The third-order valence-electron chi connectivity index (χ3n) is 4.33. The molecule has 2 fully saturated rings. The van der Waals surface area contributed by atoms with E-state index >= 15 is 0 Å². The fraction of sp³-hybridized carbons (Fsp3) is 0.875. The number of hydrogen-bond acceptors (Lipinski definition) is 4. The first-order chi connectivity index (χ1) is 10.3. The zero-order chi connectivity index (χ0) is 15.1. The van der Waals surface area contributed by atoms with Gasteiger partial charge in [0.2, 0.25) is 8.38 Å². The van der Waals surface area contributed by atoms with E-state index in [1.807, 2.05) is 0 Å². The normalized spacial score (nSPS) is 25.8. The van der Waals surface area contributed by atoms with Crippen LogP contribution in [-0.4, -0.2) is 27.1 Å². The van der Waals surface area contributed by atoms with Crippen LogP contribution in [0, 0.1) is 5.92 Å². The van der Waals surface area contributed by atoms with Crippen LogP contribution in [0.4, 0.5) is 0 Å². The highest BCUT2D eigenvalue weighted by molar-refractivity contribution is 7.52. The van der Waals surface area contributed by atoms with Crippen LogP contribution in [0.1, 0.15) is 58.3 Å². The summed E-state index contributed by atoms with van der Waals surface area (Å²) < 4.78 is 23.0. The lowest BCUT2D eigenvalue weighted by molar-refractivity contribution is -0.139. The second-order valence-corrected chi connectivity index (χ2v) is 7.54. The molecule has 1 unspecified atom stereocenters. The number of hydrogen-bond donors (Lipinski definition) is 0. The summed E-state index contributed by atoms with van der Waals surface area (Å²) in [5.41, 5.74) is 0. The van der Waals surface area contributed by atoms with Gasteiger partial charge in [-0.15, -0.1) is 0 Å². The molecule has 4 nitrogen and oxygen atoms in total. The van der Waals surface area contributed by atoms with Crippen molar-refractivity contribution in [2.24, 2.45) is 5.92 Å². The Morgan fingerprint density at radius 2 is 1.62 bits per heavy atom. The molecule has 2 aliphatic rings. The first-order valence-corrected chi connectivity index (χ1v) is 9.31. The van der Waals surface area contributed by atoms with E-state index in [1.165, 1.54) is 43.8 Å². The lowest BCUT2D eigenvalue weighted by Crippen LogP contribution is -2.23. The minimum absolute atomic E-state index is 0.0945. The molecule has 0 spiro atoms. The summed E-state index contributed by atoms with van der Waals surface area (Å²) in [5.74, 6) is 1.50. The summed E-state index contributed by atoms with van der Waals surface area (Å²) in [6.45, 7) is 2.86. The van der Waals surface area contributed by atoms with E-state index < -0.39 is 8.38 Å². The second-order valence-electron chi connectivity index (χ2n) is 5.81. The van der Waals surface area contributed by atoms with E-state index in [9.17, 15) is 0 Å². The van der Waals surface area contributed by atoms with Gasteiger partial charge in [-0.3, -0.25) is 0 Å². The Balaban J connectivity index is 2.11. The van der Waals surface area contributed by atoms with Crippen LogP contribution in [0.15, 0.2) is 11.1 Å². The average molecular weight is 316 g/mol. The summed E-state index contributed by atoms with van der Waals surface area (Å²) in [4.78, 5) is 0. The average Bonchev–Trinajstić information content (AvgIpc) is 2.54. The third-order valence-corrected chi connectivity index (χ3v) is 6.06. The molecular weight excluding hydrogens is 287 g/mol. The summed E-state index contributed by atoms with van der Waals surface area (Å²) >= 11 is 0. The zero-order valence-corrected chi connectivity index (χ0v) is 14.5. The lowest BCUT2D eigenvalue weighted by Gasteiger charge is -2.31. The number of allylic oxidation sites excluding steroid dienone is 2. The van der Waals surface area contributed by atoms with Crippen LogP contribution in [0.3, 0.4) is 0 Å². The van der Waals surface area contributed by atoms with E-state index in [0.717, 1.165) is 25.2 Å². The molecule has 0 radical (unpaired) electrons. The van der Waals surface area contributed by atoms with Gasteiger partial charge in [-0.1, -0.05) is 19.3 Å². The van der Waals surface area contributed by atoms with E-state index in [2.05, 4.69) is 6.92 Å². The molecule has 1 heterocycles. The molecular formula is C16H29O4P. The van der Waals surface area contributed by atoms with Gasteiger partial charge in [0.05, 0.1) is 6.61 Å². The molecule has 1 saturated heterocycles. The van der Waals surface area contributed by atoms with Crippen molar-refractivity contribution in [1.29, 1.82) is 0 Å². The molecule has 0 aromatic heterocycles. The van der Waals surface area contributed by atoms with Crippen molar-refractivity contribution in [1.82, 2.24) is 0 Å². The third kappa shape index (κ3) is 4.92. The molecule has 0 bridgehead atoms. The van der Waals surface area contributed by atoms with Crippen LogP contribution < -0.4 is 0 Å². The fourth-order valence-electron chi connectivity index (χ4n) is 3.27. The maximum atomic E-state index is 6.10. The molecule has 1 atom stereocenters. The monoisotopic (exact) mass is 316 g/mol. The van der Waals surface area contributed by atoms with Gasteiger partial charge >= 0.3 is 0 Å². The molecule has 21 heavy (non-hydrogen) atoms. The minimum Gasteiger partial charge on any atom is -0.469 e. The first kappa shape index (κ1) is 17.2. The molecule has 122 valence electrons. The molecule has 0 aromatic carbocycles. The Kier molecular flexibility index (Phi) is 7.45. The maximum absolute atomic E-state index is 6.10. The quantitative estimate of drug-likeness (QED) is 0.513. The van der Waals surface area contributed by atoms with E-state index in [1.54, 1.807) is 14.2 Å². The van der Waals surface area contributed by atoms with Gasteiger partial charge in [-0.05, 0) is 38.5 Å². The highest BCUT2D eigenvalue weighted by atomic mass is 31.2. The Hall–Kier alpha value is -0.150. The van der Waals surface area contributed by atoms with Gasteiger partial charge < -0.3 is 18.5 Å². The first-order valence-electron chi connectivity index (χ1n) is 8.13. The van der Waals surface area contributed by atoms with Crippen molar-refractivity contribution in [2.45, 2.75) is 64.6 Å². The Bertz CT molecular complexity index is 329. The Labute approximate surface area is 130 Å². The molecule has 2 rings (SSSR count). The zero-order valence-electron chi connectivity index (χ0n) is 13.6. The second kappa shape index (κ2) is 9.09. The predicted octanol–water partition coefficient (Wildman–Crippen LogP) is 4.95. The smallest absolute Gasteiger partial charge is 0.203 e. The standard InChI is InChI=1S/C16H29O4P/c1-13(20-15-11-7-8-12-19-15)16(21(17-2)18-3)14-9-5-4-6-10-14/h14-15H,4-12H2,1-3H3/b16-13+. The lowest BCUT2D eigenvalue weighted by atomic mass is 9.88. The van der Waals surface area contributed by atoms with E-state index in [-0.39, 0.29) is 6.29 Å². The predicted molar refractivity (Wildman–Crippen MR) is 84.9 cm³/mol. The molecule has 0 aromatic rings. The summed E-state index contributed by atoms with van der Waals surface area (Å²) in [7, 11) is 2.44. The van der Waals surface area contributed by atoms with Gasteiger partial charge in [-0.25, -0.2) is 0 Å². The van der Waals surface area contributed by atoms with Crippen molar-refractivity contribution in [2.75, 3.05) is 20.8 Å². The van der Waals surface area contributed by atoms with Crippen LogP contribution in [0.2, 0.25) is 0 Å². The molecule has 1 saturated carbocycles. The summed E-state index contributed by atoms with van der Waals surface area (Å²) in [6.07, 6.45) is 9.56. The van der Waals surface area contributed by atoms with Crippen LogP contribution in [0.5, 0.6) is 0 Å². The fourth-order valence-corrected chi connectivity index (χ4v) is 4.68. The van der Waals surface area contributed by atoms with Gasteiger partial charge in [-0.2, -0.15) is 0 Å². The van der Waals surface area contributed by atoms with Crippen molar-refractivity contribution in [3.63, 3.8) is 0 Å². The van der Waals surface area contributed by atoms with Gasteiger partial charge in [0.1, 0.15) is 5.76 Å². The topological polar surface area (TPSA) is 36.9 Å². The molecule has 0 amide bonds. The SMILES string of the molecule is COP(OC)/C(=C(\C)OC1CCCCO1)C1CCCCC1. The highest BCUT2D eigenvalue weighted by Gasteiger charge is 2.29. The molecule has 1 aliphatic heterocycles. The van der Waals surface area contributed by atoms with Gasteiger partial charge in [0.25, 0.3) is 0 Å². The summed E-state index contributed by atoms with van der Waals surface area (Å²) in [5, 5.41) is 1.24. The van der Waals surface area contributed by atoms with Crippen molar-refractivity contribution in [3.05, 3.63) is 11.1 Å². The molecule has 5 heteroatoms. The largest absolute Gasteiger partial charge is 0.469 e. The minimum atomic E-state index is -1.01. The van der Waals surface area contributed by atoms with Crippen molar-refractivity contribution >= 4 is 8.38 Å². The Morgan fingerprint density at radius 1 is 0.952 bits per heavy atom. The van der Waals surface area contributed by atoms with E-state index in [4.69, 9.17) is 18.5 Å². The summed E-state index contributed by atoms with van der Waals surface area (Å²) in [6, 6.07) is 0. The van der Waals surface area contributed by atoms with Gasteiger partial charge in [0, 0.05) is 26.0 Å². The Morgan fingerprint density at radius 3 is 2.19 bits per heavy atom. The van der Waals surface area contributed by atoms with E-state index in [0.29, 0.717) is 5.92 Å². The van der Waals surface area contributed by atoms with Crippen LogP contribution >= 0.6 is 8.38 Å². The van der Waals surface area contributed by atoms with Crippen molar-refractivity contribution in [3.8, 4) is 0 Å². The van der Waals surface area contributed by atoms with Gasteiger partial charge in [0.15, 0.2) is 6.29 Å². The molecule has 1 aliphatic carbocycles. The van der Waals surface area contributed by atoms with Crippen LogP contribution in [0.25, 0.3) is 0 Å². The van der Waals surface area contributed by atoms with Crippen molar-refractivity contribution < 1.29 is 18.5 Å². The highest BCUT2D eigenvalue weighted by Crippen LogP contribution is 2.54.